The maximum absolute atomic E-state index is 10.6. The van der Waals surface area contributed by atoms with Gasteiger partial charge in [-0.05, 0) is 12.1 Å². The quantitative estimate of drug-likeness (QED) is 0.606. The van der Waals surface area contributed by atoms with Crippen LogP contribution in [0, 0.1) is 10.1 Å². The summed E-state index contributed by atoms with van der Waals surface area (Å²) in [6.07, 6.45) is 0. The minimum Gasteiger partial charge on any atom is -0.480 e. The van der Waals surface area contributed by atoms with Gasteiger partial charge in [0.05, 0.1) is 4.92 Å². The molecule has 1 heterocycles. The van der Waals surface area contributed by atoms with E-state index in [1.165, 1.54) is 24.3 Å². The maximum atomic E-state index is 10.6. The molecule has 1 aromatic carbocycles. The summed E-state index contributed by atoms with van der Waals surface area (Å²) in [6, 6.07) is 3.98. The van der Waals surface area contributed by atoms with Crippen molar-refractivity contribution >= 4 is 11.7 Å². The number of aromatic nitrogens is 2. The number of carbonyl (C=O) groups is 1. The van der Waals surface area contributed by atoms with Gasteiger partial charge in [0.1, 0.15) is 0 Å². The molecule has 3 N–H and O–H groups in total. The molecule has 0 aliphatic heterocycles. The number of hydrogen-bond acceptors (Lipinski definition) is 7. The fraction of sp³-hybridized carbons (Fsp3) is 0.100. The molecule has 98 valence electrons. The van der Waals surface area contributed by atoms with Crippen LogP contribution in [0.1, 0.15) is 11.9 Å². The first kappa shape index (κ1) is 12.6. The van der Waals surface area contributed by atoms with Crippen molar-refractivity contribution in [3.8, 4) is 11.5 Å². The van der Waals surface area contributed by atoms with E-state index < -0.39 is 16.9 Å². The molecular formula is C10H8N4O5. The molecule has 0 radical (unpaired) electrons. The lowest BCUT2D eigenvalue weighted by molar-refractivity contribution is -0.384. The van der Waals surface area contributed by atoms with E-state index >= 15 is 0 Å². The van der Waals surface area contributed by atoms with Crippen LogP contribution in [0.3, 0.4) is 0 Å². The van der Waals surface area contributed by atoms with Gasteiger partial charge in [0.25, 0.3) is 5.69 Å². The number of nitro benzene ring substituents is 1. The van der Waals surface area contributed by atoms with E-state index in [9.17, 15) is 14.9 Å². The predicted octanol–water partition coefficient (Wildman–Crippen LogP) is 0.729. The summed E-state index contributed by atoms with van der Waals surface area (Å²) in [7, 11) is 0. The van der Waals surface area contributed by atoms with Gasteiger partial charge >= 0.3 is 5.97 Å². The monoisotopic (exact) mass is 264 g/mol. The number of carboxylic acids is 1. The van der Waals surface area contributed by atoms with Crippen molar-refractivity contribution in [3.05, 3.63) is 40.3 Å². The van der Waals surface area contributed by atoms with Crippen LogP contribution >= 0.6 is 0 Å². The molecule has 0 spiro atoms. The second-order valence-corrected chi connectivity index (χ2v) is 3.57. The van der Waals surface area contributed by atoms with E-state index in [2.05, 4.69) is 10.2 Å². The van der Waals surface area contributed by atoms with Gasteiger partial charge in [-0.25, -0.2) is 4.79 Å². The van der Waals surface area contributed by atoms with Crippen molar-refractivity contribution in [1.82, 2.24) is 10.2 Å². The molecule has 9 nitrogen and oxygen atoms in total. The normalized spacial score (nSPS) is 12.1. The van der Waals surface area contributed by atoms with Crippen LogP contribution < -0.4 is 5.73 Å². The highest BCUT2D eigenvalue weighted by atomic mass is 16.6. The summed E-state index contributed by atoms with van der Waals surface area (Å²) in [6.45, 7) is 0. The fourth-order valence-electron chi connectivity index (χ4n) is 1.31. The number of aliphatic carboxylic acids is 1. The Bertz CT molecular complexity index is 621. The van der Waals surface area contributed by atoms with E-state index in [4.69, 9.17) is 15.3 Å². The van der Waals surface area contributed by atoms with Crippen LogP contribution in [-0.2, 0) is 4.79 Å². The zero-order valence-corrected chi connectivity index (χ0v) is 9.39. The molecule has 0 fully saturated rings. The minimum absolute atomic E-state index is 0.0431. The molecule has 0 saturated carbocycles. The average Bonchev–Trinajstić information content (AvgIpc) is 2.87. The third-order valence-corrected chi connectivity index (χ3v) is 2.30. The number of benzene rings is 1. The highest BCUT2D eigenvalue weighted by Crippen LogP contribution is 2.22. The molecule has 1 unspecified atom stereocenters. The summed E-state index contributed by atoms with van der Waals surface area (Å²) >= 11 is 0. The third kappa shape index (κ3) is 2.55. The first-order chi connectivity index (χ1) is 8.99. The SMILES string of the molecule is NC(C(=O)O)c1nnc(-c2ccc([N+](=O)[O-])cc2)o1. The molecular weight excluding hydrogens is 256 g/mol. The van der Waals surface area contributed by atoms with E-state index in [1.54, 1.807) is 0 Å². The Balaban J connectivity index is 2.27. The molecule has 2 rings (SSSR count). The highest BCUT2D eigenvalue weighted by Gasteiger charge is 2.21. The number of rotatable bonds is 4. The lowest BCUT2D eigenvalue weighted by Crippen LogP contribution is -2.20. The van der Waals surface area contributed by atoms with Crippen molar-refractivity contribution < 1.29 is 19.2 Å². The smallest absolute Gasteiger partial charge is 0.330 e. The zero-order chi connectivity index (χ0) is 14.0. The Morgan fingerprint density at radius 2 is 2.00 bits per heavy atom. The van der Waals surface area contributed by atoms with Crippen molar-refractivity contribution in [3.63, 3.8) is 0 Å². The molecule has 0 saturated heterocycles. The second-order valence-electron chi connectivity index (χ2n) is 3.57. The summed E-state index contributed by atoms with van der Waals surface area (Å²) in [5, 5.41) is 26.3. The van der Waals surface area contributed by atoms with Crippen LogP contribution in [0.4, 0.5) is 5.69 Å². The summed E-state index contributed by atoms with van der Waals surface area (Å²) in [5.74, 6) is -1.48. The first-order valence-electron chi connectivity index (χ1n) is 5.05. The van der Waals surface area contributed by atoms with E-state index in [0.717, 1.165) is 0 Å². The lowest BCUT2D eigenvalue weighted by atomic mass is 10.2. The Morgan fingerprint density at radius 3 is 2.53 bits per heavy atom. The Kier molecular flexibility index (Phi) is 3.21. The number of nitrogens with zero attached hydrogens (tertiary/aromatic N) is 3. The van der Waals surface area contributed by atoms with Gasteiger partial charge in [-0.15, -0.1) is 10.2 Å². The fourth-order valence-corrected chi connectivity index (χ4v) is 1.31. The molecule has 9 heteroatoms. The van der Waals surface area contributed by atoms with E-state index in [0.29, 0.717) is 5.56 Å². The van der Waals surface area contributed by atoms with Gasteiger partial charge in [0.2, 0.25) is 11.8 Å². The Hall–Kier alpha value is -2.81. The van der Waals surface area contributed by atoms with Crippen LogP contribution in [-0.4, -0.2) is 26.2 Å². The van der Waals surface area contributed by atoms with Crippen molar-refractivity contribution in [2.75, 3.05) is 0 Å². The zero-order valence-electron chi connectivity index (χ0n) is 9.39. The number of carboxylic acid groups (broad SMARTS) is 1. The van der Waals surface area contributed by atoms with Crippen LogP contribution in [0.15, 0.2) is 28.7 Å². The largest absolute Gasteiger partial charge is 0.480 e. The van der Waals surface area contributed by atoms with Crippen molar-refractivity contribution in [2.45, 2.75) is 6.04 Å². The predicted molar refractivity (Wildman–Crippen MR) is 61.0 cm³/mol. The van der Waals surface area contributed by atoms with Crippen LogP contribution in [0.2, 0.25) is 0 Å². The third-order valence-electron chi connectivity index (χ3n) is 2.30. The summed E-state index contributed by atoms with van der Waals surface area (Å²) in [5.41, 5.74) is 5.66. The maximum Gasteiger partial charge on any atom is 0.330 e. The first-order valence-corrected chi connectivity index (χ1v) is 5.05. The Morgan fingerprint density at radius 1 is 1.37 bits per heavy atom. The molecule has 0 aliphatic carbocycles. The topological polar surface area (TPSA) is 145 Å². The number of hydrogen-bond donors (Lipinski definition) is 2. The minimum atomic E-state index is -1.40. The van der Waals surface area contributed by atoms with E-state index in [1.807, 2.05) is 0 Å². The molecule has 1 aromatic heterocycles. The summed E-state index contributed by atoms with van der Waals surface area (Å²) in [4.78, 5) is 20.6. The van der Waals surface area contributed by atoms with Gasteiger partial charge in [-0.1, -0.05) is 0 Å². The molecule has 0 bridgehead atoms. The molecule has 0 amide bonds. The second kappa shape index (κ2) is 4.82. The molecule has 0 aliphatic rings. The van der Waals surface area contributed by atoms with Crippen LogP contribution in [0.5, 0.6) is 0 Å². The van der Waals surface area contributed by atoms with Crippen LogP contribution in [0.25, 0.3) is 11.5 Å². The average molecular weight is 264 g/mol. The number of nitrogens with two attached hydrogens (primary N) is 1. The molecule has 1 atom stereocenters. The number of non-ortho nitro benzene ring substituents is 1. The standard InChI is InChI=1S/C10H8N4O5/c11-7(10(15)16)9-13-12-8(19-9)5-1-3-6(4-2-5)14(17)18/h1-4,7H,11H2,(H,15,16). The van der Waals surface area contributed by atoms with Gasteiger partial charge in [-0.3, -0.25) is 10.1 Å². The molecule has 2 aromatic rings. The van der Waals surface area contributed by atoms with Crippen molar-refractivity contribution in [2.24, 2.45) is 5.73 Å². The van der Waals surface area contributed by atoms with Gasteiger partial charge in [0, 0.05) is 17.7 Å². The number of nitro groups is 1. The highest BCUT2D eigenvalue weighted by molar-refractivity contribution is 5.73. The van der Waals surface area contributed by atoms with Crippen molar-refractivity contribution in [1.29, 1.82) is 0 Å². The summed E-state index contributed by atoms with van der Waals surface area (Å²) < 4.78 is 5.10. The lowest BCUT2D eigenvalue weighted by Gasteiger charge is -1.98. The Labute approximate surface area is 105 Å². The van der Waals surface area contributed by atoms with Gasteiger partial charge < -0.3 is 15.3 Å². The van der Waals surface area contributed by atoms with E-state index in [-0.39, 0.29) is 17.5 Å². The molecule has 19 heavy (non-hydrogen) atoms. The van der Waals surface area contributed by atoms with Gasteiger partial charge in [0.15, 0.2) is 6.04 Å². The van der Waals surface area contributed by atoms with Gasteiger partial charge in [-0.2, -0.15) is 0 Å².